The van der Waals surface area contributed by atoms with E-state index in [1.807, 2.05) is 68.4 Å². The Balaban J connectivity index is 1.96. The second kappa shape index (κ2) is 8.73. The van der Waals surface area contributed by atoms with E-state index in [-0.39, 0.29) is 16.9 Å². The molecule has 0 aliphatic carbocycles. The summed E-state index contributed by atoms with van der Waals surface area (Å²) in [4.78, 5) is 12.4. The fourth-order valence-corrected chi connectivity index (χ4v) is 5.93. The molecule has 1 heterocycles. The van der Waals surface area contributed by atoms with Gasteiger partial charge in [-0.3, -0.25) is 0 Å². The first-order valence-corrected chi connectivity index (χ1v) is 11.9. The van der Waals surface area contributed by atoms with Crippen LogP contribution in [0.1, 0.15) is 40.8 Å². The van der Waals surface area contributed by atoms with Crippen molar-refractivity contribution in [2.24, 2.45) is 0 Å². The molecule has 0 fully saturated rings. The van der Waals surface area contributed by atoms with Gasteiger partial charge in [0.15, 0.2) is 0 Å². The number of carbonyl (C=O) groups is 1. The minimum absolute atomic E-state index is 0.0664. The van der Waals surface area contributed by atoms with Gasteiger partial charge in [0.1, 0.15) is 0 Å². The molecule has 0 saturated carbocycles. The standard InChI is InChI=1S/C26H25NO4S/c1-18-8-12-21(13-9-18)25-23(26(28)29)16-17-24(20-6-4-3-5-7-20)27(25)32(30,31)22-14-10-19(2)11-15-22/h3-16,24-25H,17H2,1-2H3,(H,28,29)/t24-,25-/m0/s1. The van der Waals surface area contributed by atoms with Crippen molar-refractivity contribution in [3.05, 3.63) is 113 Å². The zero-order chi connectivity index (χ0) is 22.9. The molecule has 1 aliphatic rings. The number of hydrogen-bond acceptors (Lipinski definition) is 3. The summed E-state index contributed by atoms with van der Waals surface area (Å²) in [7, 11) is -4.02. The van der Waals surface area contributed by atoms with Crippen molar-refractivity contribution in [1.82, 2.24) is 4.31 Å². The highest BCUT2D eigenvalue weighted by Gasteiger charge is 2.44. The lowest BCUT2D eigenvalue weighted by Gasteiger charge is -2.40. The normalized spacial score (nSPS) is 19.4. The van der Waals surface area contributed by atoms with Gasteiger partial charge in [-0.05, 0) is 43.5 Å². The van der Waals surface area contributed by atoms with Crippen LogP contribution in [0.3, 0.4) is 0 Å². The van der Waals surface area contributed by atoms with Gasteiger partial charge in [0.25, 0.3) is 0 Å². The second-order valence-corrected chi connectivity index (χ2v) is 9.93. The summed E-state index contributed by atoms with van der Waals surface area (Å²) in [5.74, 6) is -1.12. The van der Waals surface area contributed by atoms with Crippen LogP contribution >= 0.6 is 0 Å². The van der Waals surface area contributed by atoms with Crippen LogP contribution in [0.5, 0.6) is 0 Å². The van der Waals surface area contributed by atoms with Gasteiger partial charge in [-0.25, -0.2) is 13.2 Å². The molecule has 0 amide bonds. The predicted octanol–water partition coefficient (Wildman–Crippen LogP) is 5.19. The highest BCUT2D eigenvalue weighted by Crippen LogP contribution is 2.45. The molecule has 0 bridgehead atoms. The van der Waals surface area contributed by atoms with Crippen LogP contribution in [-0.4, -0.2) is 23.8 Å². The van der Waals surface area contributed by atoms with Gasteiger partial charge in [0, 0.05) is 0 Å². The Hall–Kier alpha value is -3.22. The molecule has 1 aliphatic heterocycles. The molecule has 0 aromatic heterocycles. The van der Waals surface area contributed by atoms with Crippen molar-refractivity contribution in [2.75, 3.05) is 0 Å². The smallest absolute Gasteiger partial charge is 0.333 e. The molecule has 0 radical (unpaired) electrons. The molecule has 0 unspecified atom stereocenters. The fraction of sp³-hybridized carbons (Fsp3) is 0.192. The topological polar surface area (TPSA) is 74.7 Å². The molecule has 3 aromatic rings. The molecule has 6 heteroatoms. The van der Waals surface area contributed by atoms with Gasteiger partial charge >= 0.3 is 5.97 Å². The first-order valence-electron chi connectivity index (χ1n) is 10.4. The third kappa shape index (κ3) is 4.11. The van der Waals surface area contributed by atoms with Gasteiger partial charge in [0.05, 0.1) is 22.6 Å². The van der Waals surface area contributed by atoms with E-state index in [0.29, 0.717) is 5.56 Å². The maximum atomic E-state index is 14.0. The number of hydrogen-bond donors (Lipinski definition) is 1. The lowest BCUT2D eigenvalue weighted by Crippen LogP contribution is -2.42. The predicted molar refractivity (Wildman–Crippen MR) is 124 cm³/mol. The van der Waals surface area contributed by atoms with E-state index in [4.69, 9.17) is 0 Å². The van der Waals surface area contributed by atoms with Gasteiger partial charge in [-0.15, -0.1) is 0 Å². The third-order valence-corrected chi connectivity index (χ3v) is 7.73. The van der Waals surface area contributed by atoms with Crippen molar-refractivity contribution in [3.8, 4) is 0 Å². The summed E-state index contributed by atoms with van der Waals surface area (Å²) in [5.41, 5.74) is 3.47. The molecule has 3 aromatic carbocycles. The van der Waals surface area contributed by atoms with Crippen molar-refractivity contribution in [1.29, 1.82) is 0 Å². The van der Waals surface area contributed by atoms with E-state index >= 15 is 0 Å². The Morgan fingerprint density at radius 2 is 1.41 bits per heavy atom. The summed E-state index contributed by atoms with van der Waals surface area (Å²) in [6.45, 7) is 3.83. The number of aliphatic carboxylic acids is 1. The molecule has 1 N–H and O–H groups in total. The summed E-state index contributed by atoms with van der Waals surface area (Å²) < 4.78 is 29.4. The fourth-order valence-electron chi connectivity index (χ4n) is 4.15. The molecule has 32 heavy (non-hydrogen) atoms. The van der Waals surface area contributed by atoms with E-state index in [2.05, 4.69) is 0 Å². The summed E-state index contributed by atoms with van der Waals surface area (Å²) in [6.07, 6.45) is 1.94. The first-order chi connectivity index (χ1) is 15.3. The highest BCUT2D eigenvalue weighted by atomic mass is 32.2. The van der Waals surface area contributed by atoms with Crippen molar-refractivity contribution < 1.29 is 18.3 Å². The molecule has 2 atom stereocenters. The van der Waals surface area contributed by atoms with Crippen LogP contribution in [0.2, 0.25) is 0 Å². The minimum atomic E-state index is -4.02. The number of rotatable bonds is 5. The number of sulfonamides is 1. The monoisotopic (exact) mass is 447 g/mol. The van der Waals surface area contributed by atoms with Crippen LogP contribution in [0.4, 0.5) is 0 Å². The van der Waals surface area contributed by atoms with E-state index in [1.165, 1.54) is 4.31 Å². The van der Waals surface area contributed by atoms with Crippen LogP contribution in [-0.2, 0) is 14.8 Å². The number of carboxylic acid groups (broad SMARTS) is 1. The Bertz CT molecular complexity index is 1250. The maximum absolute atomic E-state index is 14.0. The van der Waals surface area contributed by atoms with Gasteiger partial charge < -0.3 is 5.11 Å². The zero-order valence-electron chi connectivity index (χ0n) is 18.0. The lowest BCUT2D eigenvalue weighted by molar-refractivity contribution is -0.133. The van der Waals surface area contributed by atoms with Crippen LogP contribution < -0.4 is 0 Å². The largest absolute Gasteiger partial charge is 0.478 e. The molecule has 164 valence electrons. The summed E-state index contributed by atoms with van der Waals surface area (Å²) in [6, 6.07) is 21.9. The molecular formula is C26H25NO4S. The zero-order valence-corrected chi connectivity index (χ0v) is 18.8. The van der Waals surface area contributed by atoms with Crippen LogP contribution in [0.15, 0.2) is 95.4 Å². The van der Waals surface area contributed by atoms with Crippen LogP contribution in [0, 0.1) is 13.8 Å². The van der Waals surface area contributed by atoms with Crippen LogP contribution in [0.25, 0.3) is 0 Å². The second-order valence-electron chi connectivity index (χ2n) is 8.09. The van der Waals surface area contributed by atoms with E-state index in [9.17, 15) is 18.3 Å². The SMILES string of the molecule is Cc1ccc([C@H]2C(C(=O)O)=CC[C@@H](c3ccccc3)N2S(=O)(=O)c2ccc(C)cc2)cc1. The molecule has 5 nitrogen and oxygen atoms in total. The highest BCUT2D eigenvalue weighted by molar-refractivity contribution is 7.89. The third-order valence-electron chi connectivity index (χ3n) is 5.84. The number of benzene rings is 3. The van der Waals surface area contributed by atoms with Gasteiger partial charge in [0.2, 0.25) is 10.0 Å². The quantitative estimate of drug-likeness (QED) is 0.584. The van der Waals surface area contributed by atoms with Gasteiger partial charge in [-0.1, -0.05) is 83.9 Å². The maximum Gasteiger partial charge on any atom is 0.333 e. The van der Waals surface area contributed by atoms with E-state index < -0.39 is 28.1 Å². The summed E-state index contributed by atoms with van der Waals surface area (Å²) in [5, 5.41) is 9.98. The Kier molecular flexibility index (Phi) is 6.00. The Morgan fingerprint density at radius 3 is 1.97 bits per heavy atom. The molecule has 4 rings (SSSR count). The number of aryl methyl sites for hydroxylation is 2. The molecule has 0 spiro atoms. The van der Waals surface area contributed by atoms with Crippen molar-refractivity contribution >= 4 is 16.0 Å². The van der Waals surface area contributed by atoms with Crippen molar-refractivity contribution in [3.63, 3.8) is 0 Å². The Labute approximate surface area is 188 Å². The lowest BCUT2D eigenvalue weighted by atomic mass is 9.89. The van der Waals surface area contributed by atoms with Gasteiger partial charge in [-0.2, -0.15) is 4.31 Å². The van der Waals surface area contributed by atoms with E-state index in [0.717, 1.165) is 16.7 Å². The Morgan fingerprint density at radius 1 is 0.844 bits per heavy atom. The number of carboxylic acids is 1. The first kappa shape index (κ1) is 22.0. The number of nitrogens with zero attached hydrogens (tertiary/aromatic N) is 1. The summed E-state index contributed by atoms with van der Waals surface area (Å²) >= 11 is 0. The van der Waals surface area contributed by atoms with E-state index in [1.54, 1.807) is 30.3 Å². The molecule has 0 saturated heterocycles. The van der Waals surface area contributed by atoms with Crippen molar-refractivity contribution in [2.45, 2.75) is 37.2 Å². The average Bonchev–Trinajstić information content (AvgIpc) is 2.79. The average molecular weight is 448 g/mol. The minimum Gasteiger partial charge on any atom is -0.478 e. The molecular weight excluding hydrogens is 422 g/mol.